The van der Waals surface area contributed by atoms with E-state index in [1.807, 2.05) is 30.3 Å². The predicted molar refractivity (Wildman–Crippen MR) is 93.7 cm³/mol. The zero-order valence-corrected chi connectivity index (χ0v) is 14.6. The third-order valence-corrected chi connectivity index (χ3v) is 3.91. The molecule has 136 valence electrons. The van der Waals surface area contributed by atoms with Crippen LogP contribution >= 0.6 is 0 Å². The van der Waals surface area contributed by atoms with Gasteiger partial charge >= 0.3 is 6.03 Å². The lowest BCUT2D eigenvalue weighted by atomic mass is 10.0. The van der Waals surface area contributed by atoms with E-state index in [1.54, 1.807) is 13.8 Å². The average molecular weight is 347 g/mol. The first-order valence-corrected chi connectivity index (χ1v) is 8.07. The number of imide groups is 1. The van der Waals surface area contributed by atoms with Crippen LogP contribution in [-0.4, -0.2) is 40.0 Å². The Morgan fingerprint density at radius 1 is 1.28 bits per heavy atom. The first-order chi connectivity index (χ1) is 12.0. The predicted octanol–water partition coefficient (Wildman–Crippen LogP) is 1.87. The van der Waals surface area contributed by atoms with Crippen LogP contribution in [0.1, 0.15) is 25.8 Å². The standard InChI is InChI=1S/C16H21N3O4.C2H4/c1-10(2)13(14(20)18-23)19-15(21)12(17-16(19)22)9-8-11-6-4-3-5-7-11;1-2/h3-7,10,12-13,23H,8-9H2,1-2H3,(H,17,22)(H,18,20);1-2H2/t12-,13+;/m0./s1. The molecule has 2 atom stereocenters. The Bertz CT molecular complexity index is 604. The Balaban J connectivity index is 0.00000151. The third kappa shape index (κ3) is 4.90. The van der Waals surface area contributed by atoms with Gasteiger partial charge in [0.25, 0.3) is 11.8 Å². The molecule has 0 aliphatic carbocycles. The highest BCUT2D eigenvalue weighted by molar-refractivity contribution is 6.07. The number of aryl methyl sites for hydroxylation is 1. The summed E-state index contributed by atoms with van der Waals surface area (Å²) >= 11 is 0. The van der Waals surface area contributed by atoms with Gasteiger partial charge in [-0.05, 0) is 24.3 Å². The number of carbonyl (C=O) groups is 3. The minimum Gasteiger partial charge on any atom is -0.326 e. The number of nitrogens with zero attached hydrogens (tertiary/aromatic N) is 1. The summed E-state index contributed by atoms with van der Waals surface area (Å²) in [5.41, 5.74) is 2.60. The number of rotatable bonds is 6. The van der Waals surface area contributed by atoms with Gasteiger partial charge in [0.15, 0.2) is 0 Å². The van der Waals surface area contributed by atoms with Crippen LogP contribution in [0.4, 0.5) is 4.79 Å². The van der Waals surface area contributed by atoms with Gasteiger partial charge in [0.2, 0.25) is 0 Å². The molecule has 0 spiro atoms. The number of nitrogens with one attached hydrogen (secondary N) is 2. The molecule has 0 bridgehead atoms. The van der Waals surface area contributed by atoms with E-state index in [0.717, 1.165) is 10.5 Å². The van der Waals surface area contributed by atoms with Gasteiger partial charge in [-0.1, -0.05) is 44.2 Å². The minimum absolute atomic E-state index is 0.315. The Labute approximate surface area is 147 Å². The van der Waals surface area contributed by atoms with E-state index in [0.29, 0.717) is 12.8 Å². The molecule has 0 unspecified atom stereocenters. The molecular weight excluding hydrogens is 322 g/mol. The van der Waals surface area contributed by atoms with Crippen LogP contribution in [0.15, 0.2) is 43.5 Å². The molecule has 3 N–H and O–H groups in total. The number of carbonyl (C=O) groups excluding carboxylic acids is 3. The SMILES string of the molecule is C=C.CC(C)[C@H](C(=O)NO)N1C(=O)N[C@@H](CCc2ccccc2)C1=O. The molecular formula is C18H25N3O4. The quantitative estimate of drug-likeness (QED) is 0.317. The molecule has 1 aromatic carbocycles. The zero-order valence-electron chi connectivity index (χ0n) is 14.6. The van der Waals surface area contributed by atoms with Crippen LogP contribution in [0.2, 0.25) is 0 Å². The summed E-state index contributed by atoms with van der Waals surface area (Å²) in [6.45, 7) is 9.41. The summed E-state index contributed by atoms with van der Waals surface area (Å²) in [6.07, 6.45) is 1.10. The lowest BCUT2D eigenvalue weighted by Gasteiger charge is -2.26. The molecule has 0 radical (unpaired) electrons. The van der Waals surface area contributed by atoms with Crippen molar-refractivity contribution < 1.29 is 19.6 Å². The fourth-order valence-corrected chi connectivity index (χ4v) is 2.75. The van der Waals surface area contributed by atoms with Gasteiger partial charge in [-0.25, -0.2) is 15.2 Å². The van der Waals surface area contributed by atoms with Crippen LogP contribution in [0.3, 0.4) is 0 Å². The lowest BCUT2D eigenvalue weighted by molar-refractivity contribution is -0.142. The number of hydrogen-bond donors (Lipinski definition) is 3. The van der Waals surface area contributed by atoms with Crippen molar-refractivity contribution in [3.63, 3.8) is 0 Å². The van der Waals surface area contributed by atoms with E-state index >= 15 is 0 Å². The highest BCUT2D eigenvalue weighted by atomic mass is 16.5. The molecule has 1 aliphatic rings. The number of urea groups is 1. The largest absolute Gasteiger partial charge is 0.326 e. The van der Waals surface area contributed by atoms with Crippen molar-refractivity contribution in [2.45, 2.75) is 38.8 Å². The summed E-state index contributed by atoms with van der Waals surface area (Å²) < 4.78 is 0. The second-order valence-corrected chi connectivity index (χ2v) is 5.90. The Morgan fingerprint density at radius 3 is 2.40 bits per heavy atom. The van der Waals surface area contributed by atoms with Crippen LogP contribution in [0.5, 0.6) is 0 Å². The average Bonchev–Trinajstić information content (AvgIpc) is 2.90. The van der Waals surface area contributed by atoms with Crippen LogP contribution in [-0.2, 0) is 16.0 Å². The van der Waals surface area contributed by atoms with E-state index in [-0.39, 0.29) is 5.92 Å². The normalized spacial score (nSPS) is 17.6. The minimum atomic E-state index is -1.03. The van der Waals surface area contributed by atoms with Crippen molar-refractivity contribution in [1.82, 2.24) is 15.7 Å². The summed E-state index contributed by atoms with van der Waals surface area (Å²) in [6, 6.07) is 7.35. The molecule has 7 nitrogen and oxygen atoms in total. The summed E-state index contributed by atoms with van der Waals surface area (Å²) in [5.74, 6) is -1.52. The van der Waals surface area contributed by atoms with Crippen LogP contribution in [0, 0.1) is 5.92 Å². The van der Waals surface area contributed by atoms with E-state index in [2.05, 4.69) is 18.5 Å². The maximum Gasteiger partial charge on any atom is 0.325 e. The molecule has 25 heavy (non-hydrogen) atoms. The molecule has 4 amide bonds. The lowest BCUT2D eigenvalue weighted by Crippen LogP contribution is -2.52. The molecule has 1 aromatic rings. The Hall–Kier alpha value is -2.67. The van der Waals surface area contributed by atoms with Gasteiger partial charge in [0, 0.05) is 0 Å². The molecule has 7 heteroatoms. The van der Waals surface area contributed by atoms with Crippen molar-refractivity contribution >= 4 is 17.8 Å². The van der Waals surface area contributed by atoms with Crippen molar-refractivity contribution in [2.24, 2.45) is 5.92 Å². The highest BCUT2D eigenvalue weighted by Gasteiger charge is 2.45. The van der Waals surface area contributed by atoms with Crippen molar-refractivity contribution in [3.05, 3.63) is 49.1 Å². The van der Waals surface area contributed by atoms with Crippen molar-refractivity contribution in [2.75, 3.05) is 0 Å². The molecule has 0 aromatic heterocycles. The van der Waals surface area contributed by atoms with Crippen molar-refractivity contribution in [3.8, 4) is 0 Å². The maximum atomic E-state index is 12.5. The van der Waals surface area contributed by atoms with E-state index in [1.165, 1.54) is 5.48 Å². The Kier molecular flexibility index (Phi) is 7.81. The van der Waals surface area contributed by atoms with Gasteiger partial charge in [-0.15, -0.1) is 13.2 Å². The zero-order chi connectivity index (χ0) is 19.0. The molecule has 2 rings (SSSR count). The first-order valence-electron chi connectivity index (χ1n) is 8.07. The number of benzene rings is 1. The van der Waals surface area contributed by atoms with Crippen LogP contribution in [0.25, 0.3) is 0 Å². The first kappa shape index (κ1) is 20.4. The van der Waals surface area contributed by atoms with Crippen molar-refractivity contribution in [1.29, 1.82) is 0 Å². The topological polar surface area (TPSA) is 98.7 Å². The van der Waals surface area contributed by atoms with E-state index in [9.17, 15) is 14.4 Å². The second-order valence-electron chi connectivity index (χ2n) is 5.90. The van der Waals surface area contributed by atoms with Crippen LogP contribution < -0.4 is 10.8 Å². The fourth-order valence-electron chi connectivity index (χ4n) is 2.75. The third-order valence-electron chi connectivity index (χ3n) is 3.91. The summed E-state index contributed by atoms with van der Waals surface area (Å²) in [7, 11) is 0. The molecule has 1 heterocycles. The smallest absolute Gasteiger partial charge is 0.325 e. The van der Waals surface area contributed by atoms with Gasteiger partial charge in [-0.3, -0.25) is 14.8 Å². The monoisotopic (exact) mass is 347 g/mol. The van der Waals surface area contributed by atoms with Gasteiger partial charge in [0.1, 0.15) is 12.1 Å². The van der Waals surface area contributed by atoms with Gasteiger partial charge < -0.3 is 5.32 Å². The molecule has 0 saturated carbocycles. The number of amides is 4. The highest BCUT2D eigenvalue weighted by Crippen LogP contribution is 2.20. The summed E-state index contributed by atoms with van der Waals surface area (Å²) in [4.78, 5) is 37.3. The van der Waals surface area contributed by atoms with Gasteiger partial charge in [0.05, 0.1) is 0 Å². The van der Waals surface area contributed by atoms with E-state index in [4.69, 9.17) is 5.21 Å². The summed E-state index contributed by atoms with van der Waals surface area (Å²) in [5, 5.41) is 11.4. The molecule has 1 fully saturated rings. The maximum absolute atomic E-state index is 12.5. The molecule has 1 saturated heterocycles. The van der Waals surface area contributed by atoms with Gasteiger partial charge in [-0.2, -0.15) is 0 Å². The number of hydroxylamine groups is 1. The second kappa shape index (κ2) is 9.58. The number of hydrogen-bond acceptors (Lipinski definition) is 4. The molecule has 1 aliphatic heterocycles. The van der Waals surface area contributed by atoms with E-state index < -0.39 is 29.9 Å². The Morgan fingerprint density at radius 2 is 1.88 bits per heavy atom. The fraction of sp³-hybridized carbons (Fsp3) is 0.389.